The minimum Gasteiger partial charge on any atom is -0.192 e. The van der Waals surface area contributed by atoms with E-state index in [1.54, 1.807) is 0 Å². The molecule has 22 heavy (non-hydrogen) atoms. The van der Waals surface area contributed by atoms with Crippen molar-refractivity contribution in [2.24, 2.45) is 0 Å². The molecule has 0 spiro atoms. The van der Waals surface area contributed by atoms with Crippen LogP contribution in [0.2, 0.25) is 0 Å². The predicted molar refractivity (Wildman–Crippen MR) is 87.6 cm³/mol. The molecule has 0 bridgehead atoms. The van der Waals surface area contributed by atoms with Crippen LogP contribution in [0.5, 0.6) is 0 Å². The van der Waals surface area contributed by atoms with Crippen LogP contribution in [0.15, 0.2) is 78.4 Å². The highest BCUT2D eigenvalue weighted by Crippen LogP contribution is 2.32. The molecular weight excluding hydrogens is 268 g/mol. The van der Waals surface area contributed by atoms with Crippen LogP contribution in [0.3, 0.4) is 0 Å². The summed E-state index contributed by atoms with van der Waals surface area (Å²) in [5.41, 5.74) is 2.59. The molecule has 3 aromatic rings. The lowest BCUT2D eigenvalue weighted by Crippen LogP contribution is -1.93. The summed E-state index contributed by atoms with van der Waals surface area (Å²) in [5.74, 6) is 0. The van der Waals surface area contributed by atoms with Crippen molar-refractivity contribution in [3.8, 4) is 12.1 Å². The number of fused-ring (bicyclic) bond motifs is 1. The Bertz CT molecular complexity index is 917. The molecule has 0 saturated carbocycles. The van der Waals surface area contributed by atoms with Crippen LogP contribution in [0.4, 0.5) is 0 Å². The van der Waals surface area contributed by atoms with Crippen LogP contribution in [-0.2, 0) is 0 Å². The van der Waals surface area contributed by atoms with E-state index in [4.69, 9.17) is 0 Å². The summed E-state index contributed by atoms with van der Waals surface area (Å²) >= 11 is 0. The lowest BCUT2D eigenvalue weighted by Gasteiger charge is -2.11. The Labute approximate surface area is 129 Å². The number of allylic oxidation sites excluding steroid dienone is 1. The van der Waals surface area contributed by atoms with E-state index in [0.717, 1.165) is 21.9 Å². The van der Waals surface area contributed by atoms with Crippen LogP contribution < -0.4 is 0 Å². The van der Waals surface area contributed by atoms with Gasteiger partial charge in [0.2, 0.25) is 0 Å². The maximum atomic E-state index is 9.36. The Morgan fingerprint density at radius 2 is 1.32 bits per heavy atom. The number of rotatable bonds is 2. The van der Waals surface area contributed by atoms with E-state index in [0.29, 0.717) is 5.57 Å². The largest absolute Gasteiger partial charge is 0.192 e. The second-order valence-electron chi connectivity index (χ2n) is 4.87. The fourth-order valence-electron chi connectivity index (χ4n) is 2.62. The molecule has 0 aliphatic carbocycles. The van der Waals surface area contributed by atoms with E-state index in [2.05, 4.69) is 0 Å². The molecule has 0 fully saturated rings. The Morgan fingerprint density at radius 1 is 0.682 bits per heavy atom. The second-order valence-corrected chi connectivity index (χ2v) is 4.87. The summed E-state index contributed by atoms with van der Waals surface area (Å²) in [6.45, 7) is 0. The summed E-state index contributed by atoms with van der Waals surface area (Å²) in [6.07, 6.45) is 0. The smallest absolute Gasteiger partial charge is 0.138 e. The first kappa shape index (κ1) is 13.6. The van der Waals surface area contributed by atoms with Gasteiger partial charge in [-0.2, -0.15) is 10.5 Å². The van der Waals surface area contributed by atoms with Gasteiger partial charge in [-0.1, -0.05) is 72.8 Å². The zero-order valence-electron chi connectivity index (χ0n) is 11.8. The summed E-state index contributed by atoms with van der Waals surface area (Å²) in [6, 6.07) is 27.6. The van der Waals surface area contributed by atoms with Crippen molar-refractivity contribution in [3.05, 3.63) is 89.5 Å². The van der Waals surface area contributed by atoms with Crippen molar-refractivity contribution < 1.29 is 0 Å². The maximum absolute atomic E-state index is 9.36. The monoisotopic (exact) mass is 280 g/mol. The SMILES string of the molecule is N#CC(C#N)=C(c1ccccc1)c1cccc2ccccc12. The van der Waals surface area contributed by atoms with Crippen molar-refractivity contribution >= 4 is 16.3 Å². The Balaban J connectivity index is 2.39. The molecule has 0 radical (unpaired) electrons. The van der Waals surface area contributed by atoms with Gasteiger partial charge in [0.05, 0.1) is 0 Å². The third kappa shape index (κ3) is 2.35. The van der Waals surface area contributed by atoms with Crippen LogP contribution in [0.25, 0.3) is 16.3 Å². The molecule has 2 heteroatoms. The Kier molecular flexibility index (Phi) is 3.69. The zero-order chi connectivity index (χ0) is 15.4. The van der Waals surface area contributed by atoms with Crippen LogP contribution in [0, 0.1) is 22.7 Å². The molecular formula is C20H12N2. The van der Waals surface area contributed by atoms with Crippen molar-refractivity contribution in [3.63, 3.8) is 0 Å². The highest BCUT2D eigenvalue weighted by Gasteiger charge is 2.14. The minimum atomic E-state index is 0.127. The fourth-order valence-corrected chi connectivity index (χ4v) is 2.62. The predicted octanol–water partition coefficient (Wildman–Crippen LogP) is 4.69. The highest BCUT2D eigenvalue weighted by atomic mass is 14.3. The van der Waals surface area contributed by atoms with Gasteiger partial charge in [0, 0.05) is 5.57 Å². The Hall–Kier alpha value is -3.36. The molecule has 0 heterocycles. The molecule has 0 unspecified atom stereocenters. The normalized spacial score (nSPS) is 9.73. The van der Waals surface area contributed by atoms with E-state index in [1.807, 2.05) is 84.9 Å². The summed E-state index contributed by atoms with van der Waals surface area (Å²) in [5, 5.41) is 20.8. The van der Waals surface area contributed by atoms with E-state index >= 15 is 0 Å². The standard InChI is InChI=1S/C20H12N2/c21-13-17(14-22)20(16-8-2-1-3-9-16)19-12-6-10-15-7-4-5-11-18(15)19/h1-12H. The lowest BCUT2D eigenvalue weighted by molar-refractivity contribution is 1.45. The molecule has 0 N–H and O–H groups in total. The molecule has 2 nitrogen and oxygen atoms in total. The number of nitriles is 2. The zero-order valence-corrected chi connectivity index (χ0v) is 11.8. The summed E-state index contributed by atoms with van der Waals surface area (Å²) in [4.78, 5) is 0. The second kappa shape index (κ2) is 5.95. The summed E-state index contributed by atoms with van der Waals surface area (Å²) < 4.78 is 0. The van der Waals surface area contributed by atoms with E-state index in [-0.39, 0.29) is 5.57 Å². The average Bonchev–Trinajstić information content (AvgIpc) is 2.60. The fraction of sp³-hybridized carbons (Fsp3) is 0. The quantitative estimate of drug-likeness (QED) is 0.639. The number of hydrogen-bond donors (Lipinski definition) is 0. The molecule has 3 rings (SSSR count). The molecule has 0 aliphatic rings. The number of hydrogen-bond acceptors (Lipinski definition) is 2. The Morgan fingerprint density at radius 3 is 2.05 bits per heavy atom. The maximum Gasteiger partial charge on any atom is 0.138 e. The minimum absolute atomic E-state index is 0.127. The van der Waals surface area contributed by atoms with Gasteiger partial charge in [0.1, 0.15) is 17.7 Å². The van der Waals surface area contributed by atoms with Gasteiger partial charge in [-0.25, -0.2) is 0 Å². The van der Waals surface area contributed by atoms with Gasteiger partial charge >= 0.3 is 0 Å². The summed E-state index contributed by atoms with van der Waals surface area (Å²) in [7, 11) is 0. The molecule has 3 aromatic carbocycles. The first-order chi connectivity index (χ1) is 10.8. The van der Waals surface area contributed by atoms with Gasteiger partial charge in [-0.05, 0) is 21.9 Å². The first-order valence-electron chi connectivity index (χ1n) is 6.93. The van der Waals surface area contributed by atoms with Crippen molar-refractivity contribution in [1.82, 2.24) is 0 Å². The van der Waals surface area contributed by atoms with Gasteiger partial charge in [0.25, 0.3) is 0 Å². The molecule has 0 saturated heterocycles. The van der Waals surface area contributed by atoms with Crippen LogP contribution in [0.1, 0.15) is 11.1 Å². The lowest BCUT2D eigenvalue weighted by atomic mass is 9.90. The van der Waals surface area contributed by atoms with E-state index in [9.17, 15) is 10.5 Å². The molecule has 0 aliphatic heterocycles. The van der Waals surface area contributed by atoms with Gasteiger partial charge in [-0.15, -0.1) is 0 Å². The van der Waals surface area contributed by atoms with Crippen LogP contribution in [-0.4, -0.2) is 0 Å². The first-order valence-corrected chi connectivity index (χ1v) is 6.93. The van der Waals surface area contributed by atoms with Crippen molar-refractivity contribution in [2.75, 3.05) is 0 Å². The number of nitrogens with zero attached hydrogens (tertiary/aromatic N) is 2. The molecule has 0 amide bonds. The van der Waals surface area contributed by atoms with E-state index < -0.39 is 0 Å². The number of benzene rings is 3. The van der Waals surface area contributed by atoms with Crippen molar-refractivity contribution in [1.29, 1.82) is 10.5 Å². The van der Waals surface area contributed by atoms with Gasteiger partial charge in [0.15, 0.2) is 0 Å². The van der Waals surface area contributed by atoms with Gasteiger partial charge in [-0.3, -0.25) is 0 Å². The molecule has 0 aromatic heterocycles. The average molecular weight is 280 g/mol. The highest BCUT2D eigenvalue weighted by molar-refractivity contribution is 6.00. The van der Waals surface area contributed by atoms with Crippen molar-refractivity contribution in [2.45, 2.75) is 0 Å². The van der Waals surface area contributed by atoms with E-state index in [1.165, 1.54) is 0 Å². The molecule has 102 valence electrons. The topological polar surface area (TPSA) is 47.6 Å². The third-order valence-corrected chi connectivity index (χ3v) is 3.60. The van der Waals surface area contributed by atoms with Crippen LogP contribution >= 0.6 is 0 Å². The molecule has 0 atom stereocenters. The van der Waals surface area contributed by atoms with Gasteiger partial charge < -0.3 is 0 Å². The third-order valence-electron chi connectivity index (χ3n) is 3.60.